The molecule has 1 rings (SSSR count). The average molecular weight is 240 g/mol. The quantitative estimate of drug-likeness (QED) is 0.422. The van der Waals surface area contributed by atoms with E-state index in [9.17, 15) is 4.79 Å². The fourth-order valence-corrected chi connectivity index (χ4v) is 2.00. The summed E-state index contributed by atoms with van der Waals surface area (Å²) in [6.45, 7) is 8.58. The first-order valence-corrected chi connectivity index (χ1v) is 5.84. The van der Waals surface area contributed by atoms with Gasteiger partial charge in [-0.05, 0) is 38.6 Å². The number of hydrogen-bond donors (Lipinski definition) is 0. The van der Waals surface area contributed by atoms with E-state index in [0.717, 1.165) is 6.42 Å². The Kier molecular flexibility index (Phi) is 4.23. The second kappa shape index (κ2) is 5.27. The van der Waals surface area contributed by atoms with E-state index in [2.05, 4.69) is 16.9 Å². The molecule has 0 aliphatic carbocycles. The minimum atomic E-state index is -0.494. The van der Waals surface area contributed by atoms with Crippen LogP contribution in [0.5, 0.6) is 0 Å². The molecule has 1 amide bonds. The van der Waals surface area contributed by atoms with Crippen molar-refractivity contribution in [1.29, 1.82) is 0 Å². The van der Waals surface area contributed by atoms with Crippen LogP contribution in [-0.2, 0) is 4.74 Å². The van der Waals surface area contributed by atoms with E-state index in [-0.39, 0.29) is 12.1 Å². The van der Waals surface area contributed by atoms with Crippen LogP contribution in [0, 0.1) is 5.92 Å². The standard InChI is InChI=1S/C11H20N4O2/c1-8-5-9(6-13-14-12)15(7-8)10(16)17-11(2,3)4/h8-9H,5-7H2,1-4H3/t8-,9-/m0/s1. The molecular weight excluding hydrogens is 220 g/mol. The van der Waals surface area contributed by atoms with Crippen LogP contribution in [-0.4, -0.2) is 35.7 Å². The molecule has 0 aromatic carbocycles. The van der Waals surface area contributed by atoms with Gasteiger partial charge in [0.25, 0.3) is 0 Å². The third kappa shape index (κ3) is 4.15. The molecule has 0 spiro atoms. The van der Waals surface area contributed by atoms with Gasteiger partial charge in [-0.3, -0.25) is 0 Å². The Morgan fingerprint density at radius 3 is 2.76 bits per heavy atom. The van der Waals surface area contributed by atoms with Gasteiger partial charge in [0.1, 0.15) is 5.60 Å². The molecule has 0 saturated carbocycles. The Morgan fingerprint density at radius 1 is 1.59 bits per heavy atom. The van der Waals surface area contributed by atoms with Crippen LogP contribution in [0.2, 0.25) is 0 Å². The molecule has 0 aromatic heterocycles. The lowest BCUT2D eigenvalue weighted by atomic mass is 10.1. The van der Waals surface area contributed by atoms with E-state index < -0.39 is 5.60 Å². The molecule has 0 aromatic rings. The van der Waals surface area contributed by atoms with Gasteiger partial charge in [-0.1, -0.05) is 12.0 Å². The second-order valence-electron chi connectivity index (χ2n) is 5.54. The van der Waals surface area contributed by atoms with Gasteiger partial charge in [-0.2, -0.15) is 0 Å². The van der Waals surface area contributed by atoms with Crippen molar-refractivity contribution < 1.29 is 9.53 Å². The monoisotopic (exact) mass is 240 g/mol. The Morgan fingerprint density at radius 2 is 2.24 bits per heavy atom. The number of rotatable bonds is 2. The molecule has 96 valence electrons. The molecule has 2 atom stereocenters. The second-order valence-corrected chi connectivity index (χ2v) is 5.54. The smallest absolute Gasteiger partial charge is 0.410 e. The van der Waals surface area contributed by atoms with Crippen molar-refractivity contribution in [2.75, 3.05) is 13.1 Å². The summed E-state index contributed by atoms with van der Waals surface area (Å²) in [6.07, 6.45) is 0.540. The summed E-state index contributed by atoms with van der Waals surface area (Å²) >= 11 is 0. The topological polar surface area (TPSA) is 78.3 Å². The van der Waals surface area contributed by atoms with Gasteiger partial charge in [0, 0.05) is 24.0 Å². The number of ether oxygens (including phenoxy) is 1. The normalized spacial score (nSPS) is 24.4. The minimum Gasteiger partial charge on any atom is -0.444 e. The molecule has 6 heteroatoms. The highest BCUT2D eigenvalue weighted by Crippen LogP contribution is 2.25. The van der Waals surface area contributed by atoms with Crippen LogP contribution in [0.3, 0.4) is 0 Å². The number of azide groups is 1. The van der Waals surface area contributed by atoms with E-state index in [1.54, 1.807) is 4.90 Å². The first kappa shape index (κ1) is 13.6. The maximum absolute atomic E-state index is 11.9. The molecule has 6 nitrogen and oxygen atoms in total. The van der Waals surface area contributed by atoms with Crippen LogP contribution in [0.15, 0.2) is 5.11 Å². The van der Waals surface area contributed by atoms with E-state index in [1.165, 1.54) is 0 Å². The summed E-state index contributed by atoms with van der Waals surface area (Å²) in [5.41, 5.74) is 7.83. The Labute approximate surface area is 102 Å². The number of amides is 1. The molecule has 1 heterocycles. The van der Waals surface area contributed by atoms with Crippen molar-refractivity contribution >= 4 is 6.09 Å². The van der Waals surface area contributed by atoms with Crippen molar-refractivity contribution in [3.05, 3.63) is 10.4 Å². The zero-order valence-corrected chi connectivity index (χ0v) is 10.9. The van der Waals surface area contributed by atoms with Crippen LogP contribution in [0.4, 0.5) is 4.79 Å². The van der Waals surface area contributed by atoms with E-state index >= 15 is 0 Å². The summed E-state index contributed by atoms with van der Waals surface area (Å²) in [6, 6.07) is -0.0317. The molecule has 1 aliphatic rings. The maximum atomic E-state index is 11.9. The average Bonchev–Trinajstić information content (AvgIpc) is 2.54. The molecule has 0 unspecified atom stereocenters. The fourth-order valence-electron chi connectivity index (χ4n) is 2.00. The Hall–Kier alpha value is -1.42. The van der Waals surface area contributed by atoms with Crippen LogP contribution in [0.1, 0.15) is 34.1 Å². The number of hydrogen-bond acceptors (Lipinski definition) is 3. The molecule has 0 bridgehead atoms. The first-order chi connectivity index (χ1) is 7.83. The SMILES string of the molecule is C[C@H]1C[C@@H](CN=[N+]=[N-])N(C(=O)OC(C)(C)C)C1. The highest BCUT2D eigenvalue weighted by Gasteiger charge is 2.35. The molecule has 0 radical (unpaired) electrons. The summed E-state index contributed by atoms with van der Waals surface area (Å²) in [5.74, 6) is 0.418. The summed E-state index contributed by atoms with van der Waals surface area (Å²) in [4.78, 5) is 16.4. The molecular formula is C11H20N4O2. The van der Waals surface area contributed by atoms with Gasteiger partial charge in [0.05, 0.1) is 0 Å². The van der Waals surface area contributed by atoms with E-state index in [4.69, 9.17) is 10.3 Å². The Bertz CT molecular complexity index is 331. The number of likely N-dealkylation sites (tertiary alicyclic amines) is 1. The predicted octanol–water partition coefficient (Wildman–Crippen LogP) is 2.94. The van der Waals surface area contributed by atoms with E-state index in [1.807, 2.05) is 20.8 Å². The highest BCUT2D eigenvalue weighted by molar-refractivity contribution is 5.69. The largest absolute Gasteiger partial charge is 0.444 e. The van der Waals surface area contributed by atoms with E-state index in [0.29, 0.717) is 19.0 Å². The van der Waals surface area contributed by atoms with Crippen LogP contribution in [0.25, 0.3) is 10.4 Å². The van der Waals surface area contributed by atoms with Crippen LogP contribution < -0.4 is 0 Å². The maximum Gasteiger partial charge on any atom is 0.410 e. The molecule has 1 fully saturated rings. The van der Waals surface area contributed by atoms with Gasteiger partial charge < -0.3 is 9.64 Å². The van der Waals surface area contributed by atoms with Crippen molar-refractivity contribution in [2.45, 2.75) is 45.8 Å². The molecule has 17 heavy (non-hydrogen) atoms. The Balaban J connectivity index is 2.66. The zero-order valence-electron chi connectivity index (χ0n) is 10.9. The lowest BCUT2D eigenvalue weighted by molar-refractivity contribution is 0.0228. The number of carbonyl (C=O) groups is 1. The van der Waals surface area contributed by atoms with Gasteiger partial charge in [0.2, 0.25) is 0 Å². The van der Waals surface area contributed by atoms with Gasteiger partial charge in [0.15, 0.2) is 0 Å². The van der Waals surface area contributed by atoms with Gasteiger partial charge in [-0.25, -0.2) is 4.79 Å². The van der Waals surface area contributed by atoms with Crippen molar-refractivity contribution in [3.8, 4) is 0 Å². The molecule has 0 N–H and O–H groups in total. The van der Waals surface area contributed by atoms with Gasteiger partial charge in [-0.15, -0.1) is 0 Å². The third-order valence-electron chi connectivity index (χ3n) is 2.61. The first-order valence-electron chi connectivity index (χ1n) is 5.84. The summed E-state index contributed by atoms with van der Waals surface area (Å²) in [5, 5.41) is 3.55. The van der Waals surface area contributed by atoms with Crippen LogP contribution >= 0.6 is 0 Å². The van der Waals surface area contributed by atoms with Crippen molar-refractivity contribution in [1.82, 2.24) is 4.90 Å². The summed E-state index contributed by atoms with van der Waals surface area (Å²) < 4.78 is 5.33. The molecule has 1 saturated heterocycles. The van der Waals surface area contributed by atoms with Crippen molar-refractivity contribution in [2.24, 2.45) is 11.0 Å². The van der Waals surface area contributed by atoms with Crippen molar-refractivity contribution in [3.63, 3.8) is 0 Å². The zero-order chi connectivity index (χ0) is 13.1. The summed E-state index contributed by atoms with van der Waals surface area (Å²) in [7, 11) is 0. The van der Waals surface area contributed by atoms with Gasteiger partial charge >= 0.3 is 6.09 Å². The third-order valence-corrected chi connectivity index (χ3v) is 2.61. The predicted molar refractivity (Wildman–Crippen MR) is 64.5 cm³/mol. The number of carbonyl (C=O) groups excluding carboxylic acids is 1. The fraction of sp³-hybridized carbons (Fsp3) is 0.909. The lowest BCUT2D eigenvalue weighted by Gasteiger charge is -2.27. The minimum absolute atomic E-state index is 0.0317. The highest BCUT2D eigenvalue weighted by atomic mass is 16.6. The number of nitrogens with zero attached hydrogens (tertiary/aromatic N) is 4. The lowest BCUT2D eigenvalue weighted by Crippen LogP contribution is -2.41. The molecule has 1 aliphatic heterocycles.